The molecule has 0 radical (unpaired) electrons. The summed E-state index contributed by atoms with van der Waals surface area (Å²) < 4.78 is 0. The molecule has 0 fully saturated rings. The van der Waals surface area contributed by atoms with E-state index in [1.165, 1.54) is 0 Å². The zero-order valence-corrected chi connectivity index (χ0v) is 17.1. The molecule has 0 unspecified atom stereocenters. The average Bonchev–Trinajstić information content (AvgIpc) is 3.14. The number of benzene rings is 2. The first kappa shape index (κ1) is 19.5. The van der Waals surface area contributed by atoms with Crippen molar-refractivity contribution in [3.8, 4) is 11.4 Å². The summed E-state index contributed by atoms with van der Waals surface area (Å²) in [6.45, 7) is 0.475. The molecule has 0 aliphatic carbocycles. The quantitative estimate of drug-likeness (QED) is 0.345. The lowest BCUT2D eigenvalue weighted by Gasteiger charge is -2.05. The van der Waals surface area contributed by atoms with E-state index >= 15 is 0 Å². The van der Waals surface area contributed by atoms with Gasteiger partial charge in [-0.2, -0.15) is 0 Å². The molecule has 0 atom stereocenters. The molecule has 32 heavy (non-hydrogen) atoms. The number of amides is 1. The zero-order valence-electron chi connectivity index (χ0n) is 17.1. The summed E-state index contributed by atoms with van der Waals surface area (Å²) in [5.74, 6) is -0.195. The third-order valence-corrected chi connectivity index (χ3v) is 5.33. The van der Waals surface area contributed by atoms with E-state index in [9.17, 15) is 9.59 Å². The summed E-state index contributed by atoms with van der Waals surface area (Å²) in [5, 5.41) is 3.62. The number of fused-ring (bicyclic) bond motifs is 2. The lowest BCUT2D eigenvalue weighted by Crippen LogP contribution is -2.25. The fourth-order valence-corrected chi connectivity index (χ4v) is 3.70. The van der Waals surface area contributed by atoms with E-state index in [2.05, 4.69) is 25.3 Å². The van der Waals surface area contributed by atoms with Gasteiger partial charge in [-0.3, -0.25) is 14.6 Å². The van der Waals surface area contributed by atoms with Crippen molar-refractivity contribution in [2.24, 2.45) is 0 Å². The van der Waals surface area contributed by atoms with Crippen molar-refractivity contribution in [1.29, 1.82) is 0 Å². The number of nitrogen functional groups attached to an aromatic ring is 1. The van der Waals surface area contributed by atoms with Crippen LogP contribution in [0, 0.1) is 0 Å². The molecule has 5 aromatic rings. The molecule has 0 saturated heterocycles. The number of nitrogens with one attached hydrogen (secondary N) is 3. The average molecular weight is 424 g/mol. The van der Waals surface area contributed by atoms with Gasteiger partial charge in [0.1, 0.15) is 0 Å². The van der Waals surface area contributed by atoms with Crippen molar-refractivity contribution >= 4 is 33.5 Å². The van der Waals surface area contributed by atoms with E-state index in [-0.39, 0.29) is 17.2 Å². The smallest absolute Gasteiger partial charge is 0.276 e. The molecule has 1 amide bonds. The molecule has 0 aliphatic rings. The van der Waals surface area contributed by atoms with Crippen LogP contribution in [-0.2, 0) is 6.42 Å². The van der Waals surface area contributed by atoms with Crippen molar-refractivity contribution in [2.75, 3.05) is 12.3 Å². The Labute approximate surface area is 182 Å². The Balaban J connectivity index is 1.43. The molecule has 0 saturated carbocycles. The Morgan fingerprint density at radius 1 is 1.00 bits per heavy atom. The highest BCUT2D eigenvalue weighted by Gasteiger charge is 2.17. The molecule has 8 nitrogen and oxygen atoms in total. The van der Waals surface area contributed by atoms with Crippen LogP contribution < -0.4 is 16.6 Å². The van der Waals surface area contributed by atoms with Crippen LogP contribution in [0.4, 0.5) is 5.69 Å². The summed E-state index contributed by atoms with van der Waals surface area (Å²) >= 11 is 0. The lowest BCUT2D eigenvalue weighted by atomic mass is 10.1. The fraction of sp³-hybridized carbons (Fsp3) is 0.0833. The van der Waals surface area contributed by atoms with Gasteiger partial charge < -0.3 is 21.0 Å². The minimum atomic E-state index is -0.338. The predicted molar refractivity (Wildman–Crippen MR) is 124 cm³/mol. The number of nitrogens with zero attached hydrogens (tertiary/aromatic N) is 2. The van der Waals surface area contributed by atoms with Crippen LogP contribution in [0.1, 0.15) is 16.1 Å². The van der Waals surface area contributed by atoms with Crippen molar-refractivity contribution in [3.63, 3.8) is 0 Å². The van der Waals surface area contributed by atoms with Crippen LogP contribution in [0.5, 0.6) is 0 Å². The summed E-state index contributed by atoms with van der Waals surface area (Å²) in [7, 11) is 0. The second kappa shape index (κ2) is 7.99. The van der Waals surface area contributed by atoms with Crippen LogP contribution in [0.2, 0.25) is 0 Å². The number of H-pyrrole nitrogens is 2. The maximum atomic E-state index is 12.6. The maximum Gasteiger partial charge on any atom is 0.276 e. The van der Waals surface area contributed by atoms with Gasteiger partial charge in [0.25, 0.3) is 11.5 Å². The number of pyridine rings is 1. The predicted octanol–water partition coefficient (Wildman–Crippen LogP) is 3.02. The molecular formula is C24H20N6O2. The summed E-state index contributed by atoms with van der Waals surface area (Å²) in [4.78, 5) is 39.9. The molecule has 5 rings (SSSR count). The molecule has 3 aromatic heterocycles. The number of para-hydroxylation sites is 2. The molecule has 158 valence electrons. The first-order valence-electron chi connectivity index (χ1n) is 10.2. The summed E-state index contributed by atoms with van der Waals surface area (Å²) in [6.07, 6.45) is 2.37. The second-order valence-electron chi connectivity index (χ2n) is 7.43. The van der Waals surface area contributed by atoms with Crippen LogP contribution in [0.3, 0.4) is 0 Å². The highest BCUT2D eigenvalue weighted by atomic mass is 16.1. The third-order valence-electron chi connectivity index (χ3n) is 5.33. The van der Waals surface area contributed by atoms with Crippen molar-refractivity contribution in [1.82, 2.24) is 25.3 Å². The molecule has 0 spiro atoms. The molecule has 3 heterocycles. The van der Waals surface area contributed by atoms with Crippen LogP contribution >= 0.6 is 0 Å². The number of hydrogen-bond donors (Lipinski definition) is 4. The van der Waals surface area contributed by atoms with Gasteiger partial charge in [-0.05, 0) is 42.5 Å². The normalized spacial score (nSPS) is 11.1. The Morgan fingerprint density at radius 3 is 2.69 bits per heavy atom. The number of aromatic amines is 2. The molecule has 8 heteroatoms. The van der Waals surface area contributed by atoms with E-state index in [0.29, 0.717) is 46.5 Å². The number of hydrogen-bond acceptors (Lipinski definition) is 5. The standard InChI is InChI=1S/C24H20N6O2/c25-20-16-9-8-14(23(31)27-12-10-15-5-3-4-11-26-15)13-19(16)29-21(20)22-24(32)30-18-7-2-1-6-17(18)28-22/h1-9,11,13,29H,10,12,25H2,(H,27,31)(H,30,32). The van der Waals surface area contributed by atoms with E-state index in [1.54, 1.807) is 30.5 Å². The SMILES string of the molecule is Nc1c(-c2nc3ccccc3[nH]c2=O)[nH]c2cc(C(=O)NCCc3ccccn3)ccc12. The van der Waals surface area contributed by atoms with Crippen LogP contribution in [0.15, 0.2) is 71.7 Å². The number of nitrogens with two attached hydrogens (primary N) is 1. The topological polar surface area (TPSA) is 130 Å². The van der Waals surface area contributed by atoms with E-state index in [1.807, 2.05) is 36.4 Å². The van der Waals surface area contributed by atoms with Gasteiger partial charge in [0.05, 0.1) is 22.4 Å². The Kier molecular flexibility index (Phi) is 4.87. The van der Waals surface area contributed by atoms with Crippen LogP contribution in [-0.4, -0.2) is 32.4 Å². The van der Waals surface area contributed by atoms with E-state index in [0.717, 1.165) is 11.1 Å². The third kappa shape index (κ3) is 3.58. The molecule has 5 N–H and O–H groups in total. The fourth-order valence-electron chi connectivity index (χ4n) is 3.70. The Morgan fingerprint density at radius 2 is 1.84 bits per heavy atom. The maximum absolute atomic E-state index is 12.6. The molecule has 0 aliphatic heterocycles. The number of rotatable bonds is 5. The Bertz CT molecular complexity index is 1500. The van der Waals surface area contributed by atoms with Gasteiger partial charge in [0.15, 0.2) is 5.69 Å². The molecular weight excluding hydrogens is 404 g/mol. The summed E-state index contributed by atoms with van der Waals surface area (Å²) in [5.41, 5.74) is 10.4. The first-order valence-corrected chi connectivity index (χ1v) is 10.2. The largest absolute Gasteiger partial charge is 0.396 e. The van der Waals surface area contributed by atoms with E-state index < -0.39 is 0 Å². The summed E-state index contributed by atoms with van der Waals surface area (Å²) in [6, 6.07) is 18.2. The number of anilines is 1. The van der Waals surface area contributed by atoms with Gasteiger partial charge in [0, 0.05) is 41.3 Å². The highest BCUT2D eigenvalue weighted by Crippen LogP contribution is 2.31. The van der Waals surface area contributed by atoms with Gasteiger partial charge in [-0.1, -0.05) is 18.2 Å². The first-order chi connectivity index (χ1) is 15.6. The minimum absolute atomic E-state index is 0.195. The second-order valence-corrected chi connectivity index (χ2v) is 7.43. The van der Waals surface area contributed by atoms with Gasteiger partial charge in [-0.25, -0.2) is 4.98 Å². The number of carbonyl (C=O) groups is 1. The van der Waals surface area contributed by atoms with Gasteiger partial charge >= 0.3 is 0 Å². The van der Waals surface area contributed by atoms with Crippen molar-refractivity contribution in [3.05, 3.63) is 88.5 Å². The van der Waals surface area contributed by atoms with Gasteiger partial charge in [0.2, 0.25) is 0 Å². The van der Waals surface area contributed by atoms with E-state index in [4.69, 9.17) is 5.73 Å². The zero-order chi connectivity index (χ0) is 22.1. The minimum Gasteiger partial charge on any atom is -0.396 e. The molecule has 2 aromatic carbocycles. The number of carbonyl (C=O) groups excluding carboxylic acids is 1. The lowest BCUT2D eigenvalue weighted by molar-refractivity contribution is 0.0954. The molecule has 0 bridgehead atoms. The van der Waals surface area contributed by atoms with Crippen molar-refractivity contribution < 1.29 is 4.79 Å². The van der Waals surface area contributed by atoms with Crippen molar-refractivity contribution in [2.45, 2.75) is 6.42 Å². The van der Waals surface area contributed by atoms with Gasteiger partial charge in [-0.15, -0.1) is 0 Å². The number of aromatic nitrogens is 4. The Hall–Kier alpha value is -4.46. The highest BCUT2D eigenvalue weighted by molar-refractivity contribution is 6.04. The monoisotopic (exact) mass is 424 g/mol. The van der Waals surface area contributed by atoms with Crippen LogP contribution in [0.25, 0.3) is 33.3 Å².